The van der Waals surface area contributed by atoms with Crippen molar-refractivity contribution in [1.82, 2.24) is 29.4 Å². The third-order valence-electron chi connectivity index (χ3n) is 6.10. The molecule has 1 amide bonds. The number of piperazine rings is 1. The Morgan fingerprint density at radius 1 is 1.03 bits per heavy atom. The summed E-state index contributed by atoms with van der Waals surface area (Å²) < 4.78 is 3.28. The third kappa shape index (κ3) is 4.42. The zero-order valence-corrected chi connectivity index (χ0v) is 17.4. The number of amides is 1. The Bertz CT molecular complexity index is 919. The van der Waals surface area contributed by atoms with E-state index in [4.69, 9.17) is 0 Å². The first-order valence-electron chi connectivity index (χ1n) is 10.6. The van der Waals surface area contributed by atoms with Gasteiger partial charge in [0.15, 0.2) is 5.82 Å². The van der Waals surface area contributed by atoms with Crippen molar-refractivity contribution in [1.29, 1.82) is 0 Å². The summed E-state index contributed by atoms with van der Waals surface area (Å²) in [5.41, 5.74) is 1.81. The fourth-order valence-electron chi connectivity index (χ4n) is 4.43. The maximum Gasteiger partial charge on any atom is 0.266 e. The van der Waals surface area contributed by atoms with E-state index in [9.17, 15) is 9.59 Å². The lowest BCUT2D eigenvalue weighted by Gasteiger charge is -2.36. The Hall–Kier alpha value is -2.48. The van der Waals surface area contributed by atoms with Crippen molar-refractivity contribution in [3.8, 4) is 5.82 Å². The fourth-order valence-corrected chi connectivity index (χ4v) is 4.43. The number of aromatic nitrogens is 4. The van der Waals surface area contributed by atoms with Crippen LogP contribution in [0.5, 0.6) is 0 Å². The van der Waals surface area contributed by atoms with Gasteiger partial charge in [-0.25, -0.2) is 9.36 Å². The van der Waals surface area contributed by atoms with Gasteiger partial charge in [0, 0.05) is 50.4 Å². The van der Waals surface area contributed by atoms with Gasteiger partial charge in [-0.3, -0.25) is 14.5 Å². The van der Waals surface area contributed by atoms with Crippen LogP contribution in [0.3, 0.4) is 0 Å². The predicted molar refractivity (Wildman–Crippen MR) is 110 cm³/mol. The summed E-state index contributed by atoms with van der Waals surface area (Å²) in [7, 11) is 0. The first kappa shape index (κ1) is 19.8. The molecule has 0 N–H and O–H groups in total. The first-order valence-corrected chi connectivity index (χ1v) is 10.6. The van der Waals surface area contributed by atoms with E-state index in [1.807, 2.05) is 24.8 Å². The lowest BCUT2D eigenvalue weighted by Crippen LogP contribution is -2.50. The van der Waals surface area contributed by atoms with Crippen LogP contribution in [0.1, 0.15) is 37.1 Å². The van der Waals surface area contributed by atoms with E-state index in [0.29, 0.717) is 18.3 Å². The Morgan fingerprint density at radius 2 is 1.76 bits per heavy atom. The molecule has 1 aliphatic carbocycles. The maximum atomic E-state index is 12.6. The number of rotatable bonds is 5. The molecule has 1 saturated heterocycles. The molecule has 0 aromatic carbocycles. The van der Waals surface area contributed by atoms with Crippen LogP contribution in [-0.4, -0.2) is 68.0 Å². The highest BCUT2D eigenvalue weighted by Crippen LogP contribution is 2.26. The molecular formula is C21H30N6O2. The smallest absolute Gasteiger partial charge is 0.266 e. The number of carbonyl (C=O) groups excluding carboxylic acids is 1. The van der Waals surface area contributed by atoms with Crippen molar-refractivity contribution in [3.63, 3.8) is 0 Å². The van der Waals surface area contributed by atoms with Gasteiger partial charge in [0.05, 0.1) is 12.2 Å². The molecule has 8 heteroatoms. The summed E-state index contributed by atoms with van der Waals surface area (Å²) >= 11 is 0. The molecule has 3 heterocycles. The van der Waals surface area contributed by atoms with Gasteiger partial charge >= 0.3 is 0 Å². The normalized spacial score (nSPS) is 18.5. The van der Waals surface area contributed by atoms with Crippen molar-refractivity contribution < 1.29 is 4.79 Å². The molecule has 1 saturated carbocycles. The summed E-state index contributed by atoms with van der Waals surface area (Å²) in [5, 5.41) is 8.96. The van der Waals surface area contributed by atoms with Gasteiger partial charge in [-0.1, -0.05) is 12.8 Å². The van der Waals surface area contributed by atoms with Gasteiger partial charge in [0.1, 0.15) is 0 Å². The van der Waals surface area contributed by atoms with Crippen LogP contribution in [0.15, 0.2) is 23.0 Å². The van der Waals surface area contributed by atoms with E-state index in [2.05, 4.69) is 15.1 Å². The number of hydrogen-bond acceptors (Lipinski definition) is 5. The second kappa shape index (κ2) is 8.49. The summed E-state index contributed by atoms with van der Waals surface area (Å²) in [6.07, 6.45) is 4.49. The average molecular weight is 399 g/mol. The molecule has 29 heavy (non-hydrogen) atoms. The van der Waals surface area contributed by atoms with Gasteiger partial charge in [0.25, 0.3) is 5.56 Å². The molecule has 156 valence electrons. The Labute approximate surface area is 171 Å². The molecule has 2 aromatic rings. The zero-order valence-electron chi connectivity index (χ0n) is 17.4. The predicted octanol–water partition coefficient (Wildman–Crippen LogP) is 1.38. The van der Waals surface area contributed by atoms with Crippen LogP contribution in [0.4, 0.5) is 0 Å². The van der Waals surface area contributed by atoms with Gasteiger partial charge < -0.3 is 4.90 Å². The highest BCUT2D eigenvalue weighted by molar-refractivity contribution is 5.79. The maximum absolute atomic E-state index is 12.6. The van der Waals surface area contributed by atoms with E-state index in [1.54, 1.807) is 16.8 Å². The largest absolute Gasteiger partial charge is 0.340 e. The number of carbonyl (C=O) groups is 1. The van der Waals surface area contributed by atoms with E-state index in [1.165, 1.54) is 17.5 Å². The van der Waals surface area contributed by atoms with E-state index >= 15 is 0 Å². The highest BCUT2D eigenvalue weighted by atomic mass is 16.2. The second-order valence-corrected chi connectivity index (χ2v) is 8.24. The SMILES string of the molecule is Cc1cc(C)n(-c2ccc(=O)n(CCN3CCN(C(=O)C4CCCC4)CC3)n2)n1. The van der Waals surface area contributed by atoms with E-state index in [0.717, 1.165) is 57.0 Å². The minimum absolute atomic E-state index is 0.106. The molecule has 0 spiro atoms. The third-order valence-corrected chi connectivity index (χ3v) is 6.10. The van der Waals surface area contributed by atoms with Crippen LogP contribution < -0.4 is 5.56 Å². The van der Waals surface area contributed by atoms with Gasteiger partial charge in [-0.15, -0.1) is 5.10 Å². The van der Waals surface area contributed by atoms with Crippen molar-refractivity contribution in [2.24, 2.45) is 5.92 Å². The Kier molecular flexibility index (Phi) is 5.80. The van der Waals surface area contributed by atoms with E-state index in [-0.39, 0.29) is 11.5 Å². The van der Waals surface area contributed by atoms with Crippen molar-refractivity contribution in [3.05, 3.63) is 39.9 Å². The number of nitrogens with zero attached hydrogens (tertiary/aromatic N) is 6. The minimum Gasteiger partial charge on any atom is -0.340 e. The van der Waals surface area contributed by atoms with Crippen molar-refractivity contribution in [2.45, 2.75) is 46.1 Å². The molecule has 4 rings (SSSR count). The molecule has 2 fully saturated rings. The van der Waals surface area contributed by atoms with Crippen molar-refractivity contribution in [2.75, 3.05) is 32.7 Å². The molecule has 0 bridgehead atoms. The second-order valence-electron chi connectivity index (χ2n) is 8.24. The van der Waals surface area contributed by atoms with Crippen LogP contribution in [-0.2, 0) is 11.3 Å². The van der Waals surface area contributed by atoms with Crippen LogP contribution in [0, 0.1) is 19.8 Å². The quantitative estimate of drug-likeness (QED) is 0.761. The van der Waals surface area contributed by atoms with Crippen LogP contribution in [0.25, 0.3) is 5.82 Å². The fraction of sp³-hybridized carbons (Fsp3) is 0.619. The van der Waals surface area contributed by atoms with E-state index < -0.39 is 0 Å². The Balaban J connectivity index is 1.34. The van der Waals surface area contributed by atoms with Gasteiger partial charge in [-0.05, 0) is 38.8 Å². The van der Waals surface area contributed by atoms with Gasteiger partial charge in [0.2, 0.25) is 5.91 Å². The molecule has 8 nitrogen and oxygen atoms in total. The standard InChI is InChI=1S/C21H30N6O2/c1-16-15-17(2)27(22-16)19-7-8-20(28)26(23-19)14-11-24-9-12-25(13-10-24)21(29)18-5-3-4-6-18/h7-8,15,18H,3-6,9-14H2,1-2H3. The molecule has 0 unspecified atom stereocenters. The summed E-state index contributed by atoms with van der Waals surface area (Å²) in [6, 6.07) is 5.26. The molecule has 0 atom stereocenters. The molecule has 0 radical (unpaired) electrons. The first-order chi connectivity index (χ1) is 14.0. The zero-order chi connectivity index (χ0) is 20.4. The molecule has 2 aliphatic rings. The molecule has 2 aromatic heterocycles. The van der Waals surface area contributed by atoms with Gasteiger partial charge in [-0.2, -0.15) is 5.10 Å². The Morgan fingerprint density at radius 3 is 2.41 bits per heavy atom. The number of hydrogen-bond donors (Lipinski definition) is 0. The van der Waals surface area contributed by atoms with Crippen LogP contribution in [0.2, 0.25) is 0 Å². The average Bonchev–Trinajstić information content (AvgIpc) is 3.37. The molecule has 1 aliphatic heterocycles. The minimum atomic E-state index is -0.106. The van der Waals surface area contributed by atoms with Crippen molar-refractivity contribution >= 4 is 5.91 Å². The van der Waals surface area contributed by atoms with Crippen LogP contribution >= 0.6 is 0 Å². The monoisotopic (exact) mass is 398 g/mol. The number of aryl methyl sites for hydroxylation is 2. The summed E-state index contributed by atoms with van der Waals surface area (Å²) in [4.78, 5) is 29.2. The lowest BCUT2D eigenvalue weighted by molar-refractivity contribution is -0.137. The summed E-state index contributed by atoms with van der Waals surface area (Å²) in [6.45, 7) is 8.46. The summed E-state index contributed by atoms with van der Waals surface area (Å²) in [5.74, 6) is 1.25. The topological polar surface area (TPSA) is 76.3 Å². The highest BCUT2D eigenvalue weighted by Gasteiger charge is 2.29. The lowest BCUT2D eigenvalue weighted by atomic mass is 10.1. The molecular weight excluding hydrogens is 368 g/mol.